The molecular formula is C11H21N3O4. The molecule has 104 valence electrons. The second kappa shape index (κ2) is 7.17. The lowest BCUT2D eigenvalue weighted by atomic mass is 10.1. The molecule has 1 fully saturated rings. The van der Waals surface area contributed by atoms with Crippen molar-refractivity contribution in [3.05, 3.63) is 0 Å². The van der Waals surface area contributed by atoms with Crippen LogP contribution in [0.2, 0.25) is 0 Å². The van der Waals surface area contributed by atoms with Crippen molar-refractivity contribution in [1.29, 1.82) is 0 Å². The molecular weight excluding hydrogens is 238 g/mol. The van der Waals surface area contributed by atoms with Crippen LogP contribution < -0.4 is 10.6 Å². The van der Waals surface area contributed by atoms with Crippen LogP contribution >= 0.6 is 0 Å². The lowest BCUT2D eigenvalue weighted by Gasteiger charge is -2.32. The van der Waals surface area contributed by atoms with Gasteiger partial charge in [-0.3, -0.25) is 0 Å². The van der Waals surface area contributed by atoms with E-state index in [-0.39, 0.29) is 6.04 Å². The summed E-state index contributed by atoms with van der Waals surface area (Å²) in [6, 6.07) is -1.76. The third-order valence-corrected chi connectivity index (χ3v) is 3.07. The number of nitrogens with one attached hydrogen (secondary N) is 2. The van der Waals surface area contributed by atoms with E-state index in [0.29, 0.717) is 0 Å². The van der Waals surface area contributed by atoms with Crippen molar-refractivity contribution in [2.24, 2.45) is 0 Å². The highest BCUT2D eigenvalue weighted by Gasteiger charge is 2.23. The van der Waals surface area contributed by atoms with Crippen LogP contribution in [-0.4, -0.2) is 65.4 Å². The molecule has 18 heavy (non-hydrogen) atoms. The van der Waals surface area contributed by atoms with Gasteiger partial charge in [-0.1, -0.05) is 6.92 Å². The lowest BCUT2D eigenvalue weighted by Crippen LogP contribution is -2.54. The maximum absolute atomic E-state index is 11.6. The average molecular weight is 259 g/mol. The molecule has 0 aromatic carbocycles. The minimum atomic E-state index is -1.25. The molecule has 7 heteroatoms. The molecule has 1 unspecified atom stereocenters. The van der Waals surface area contributed by atoms with Gasteiger partial charge in [0.25, 0.3) is 0 Å². The summed E-state index contributed by atoms with van der Waals surface area (Å²) in [5.41, 5.74) is 0. The van der Waals surface area contributed by atoms with E-state index < -0.39 is 24.6 Å². The number of carbonyl (C=O) groups excluding carboxylic acids is 1. The molecule has 4 N–H and O–H groups in total. The Labute approximate surface area is 106 Å². The fourth-order valence-corrected chi connectivity index (χ4v) is 2.03. The average Bonchev–Trinajstić information content (AvgIpc) is 2.35. The number of nitrogens with zero attached hydrogens (tertiary/aromatic N) is 1. The number of urea groups is 1. The molecule has 0 aliphatic carbocycles. The van der Waals surface area contributed by atoms with Crippen LogP contribution in [-0.2, 0) is 4.79 Å². The topological polar surface area (TPSA) is 102 Å². The number of carboxylic acid groups (broad SMARTS) is 1. The van der Waals surface area contributed by atoms with E-state index in [1.807, 2.05) is 0 Å². The smallest absolute Gasteiger partial charge is 0.328 e. The molecule has 1 saturated heterocycles. The van der Waals surface area contributed by atoms with Crippen molar-refractivity contribution >= 4 is 12.0 Å². The quantitative estimate of drug-likeness (QED) is 0.518. The molecule has 1 aliphatic heterocycles. The van der Waals surface area contributed by atoms with Crippen LogP contribution in [0.4, 0.5) is 4.79 Å². The zero-order chi connectivity index (χ0) is 13.5. The van der Waals surface area contributed by atoms with Crippen molar-refractivity contribution in [1.82, 2.24) is 15.5 Å². The van der Waals surface area contributed by atoms with E-state index in [4.69, 9.17) is 10.2 Å². The van der Waals surface area contributed by atoms with E-state index in [0.717, 1.165) is 32.5 Å². The number of amides is 2. The Kier molecular flexibility index (Phi) is 5.87. The van der Waals surface area contributed by atoms with Crippen LogP contribution in [0.15, 0.2) is 0 Å². The number of aliphatic hydroxyl groups excluding tert-OH is 1. The SMILES string of the molecule is CCN1CCCC(NC(=O)N[C@@H](CO)C(=O)O)C1. The van der Waals surface area contributed by atoms with Crippen LogP contribution in [0.1, 0.15) is 19.8 Å². The van der Waals surface area contributed by atoms with Crippen molar-refractivity contribution in [3.63, 3.8) is 0 Å². The molecule has 2 amide bonds. The highest BCUT2D eigenvalue weighted by atomic mass is 16.4. The highest BCUT2D eigenvalue weighted by molar-refractivity contribution is 5.82. The van der Waals surface area contributed by atoms with Gasteiger partial charge in [-0.25, -0.2) is 9.59 Å². The zero-order valence-corrected chi connectivity index (χ0v) is 10.6. The van der Waals surface area contributed by atoms with Gasteiger partial charge in [0, 0.05) is 12.6 Å². The van der Waals surface area contributed by atoms with E-state index >= 15 is 0 Å². The zero-order valence-electron chi connectivity index (χ0n) is 10.6. The number of aliphatic carboxylic acids is 1. The number of hydrogen-bond donors (Lipinski definition) is 4. The maximum Gasteiger partial charge on any atom is 0.328 e. The summed E-state index contributed by atoms with van der Waals surface area (Å²) < 4.78 is 0. The summed E-state index contributed by atoms with van der Waals surface area (Å²) >= 11 is 0. The normalized spacial score (nSPS) is 22.2. The first-order chi connectivity index (χ1) is 8.56. The molecule has 7 nitrogen and oxygen atoms in total. The first kappa shape index (κ1) is 14.7. The molecule has 2 atom stereocenters. The third kappa shape index (κ3) is 4.50. The standard InChI is InChI=1S/C11H21N3O4/c1-2-14-5-3-4-8(6-14)12-11(18)13-9(7-15)10(16)17/h8-9,15H,2-7H2,1H3,(H,16,17)(H2,12,13,18)/t8?,9-/m0/s1. The Morgan fingerprint density at radius 1 is 1.50 bits per heavy atom. The summed E-state index contributed by atoms with van der Waals surface area (Å²) in [4.78, 5) is 24.4. The largest absolute Gasteiger partial charge is 0.480 e. The summed E-state index contributed by atoms with van der Waals surface area (Å²) in [5, 5.41) is 22.5. The van der Waals surface area contributed by atoms with Gasteiger partial charge < -0.3 is 25.7 Å². The Balaban J connectivity index is 2.37. The van der Waals surface area contributed by atoms with Crippen molar-refractivity contribution in [3.8, 4) is 0 Å². The first-order valence-corrected chi connectivity index (χ1v) is 6.19. The monoisotopic (exact) mass is 259 g/mol. The van der Waals surface area contributed by atoms with E-state index in [1.165, 1.54) is 0 Å². The summed E-state index contributed by atoms with van der Waals surface area (Å²) in [5.74, 6) is -1.24. The summed E-state index contributed by atoms with van der Waals surface area (Å²) in [6.45, 7) is 4.20. The minimum absolute atomic E-state index is 0.0341. The molecule has 0 radical (unpaired) electrons. The number of rotatable bonds is 5. The van der Waals surface area contributed by atoms with Gasteiger partial charge in [0.2, 0.25) is 0 Å². The van der Waals surface area contributed by atoms with Gasteiger partial charge in [0.05, 0.1) is 6.61 Å². The van der Waals surface area contributed by atoms with Crippen LogP contribution in [0.25, 0.3) is 0 Å². The predicted octanol–water partition coefficient (Wildman–Crippen LogP) is -0.785. The predicted molar refractivity (Wildman–Crippen MR) is 65.3 cm³/mol. The Morgan fingerprint density at radius 2 is 2.22 bits per heavy atom. The highest BCUT2D eigenvalue weighted by Crippen LogP contribution is 2.09. The number of hydrogen-bond acceptors (Lipinski definition) is 4. The fraction of sp³-hybridized carbons (Fsp3) is 0.818. The third-order valence-electron chi connectivity index (χ3n) is 3.07. The molecule has 1 aliphatic rings. The van der Waals surface area contributed by atoms with Crippen LogP contribution in [0.5, 0.6) is 0 Å². The number of likely N-dealkylation sites (tertiary alicyclic amines) is 1. The Bertz CT molecular complexity index is 298. The molecule has 1 heterocycles. The number of carbonyl (C=O) groups is 2. The van der Waals surface area contributed by atoms with Crippen LogP contribution in [0, 0.1) is 0 Å². The molecule has 0 aromatic rings. The van der Waals surface area contributed by atoms with E-state index in [9.17, 15) is 9.59 Å². The molecule has 0 saturated carbocycles. The molecule has 0 aromatic heterocycles. The fourth-order valence-electron chi connectivity index (χ4n) is 2.03. The molecule has 0 bridgehead atoms. The number of piperidine rings is 1. The van der Waals surface area contributed by atoms with Gasteiger partial charge in [-0.2, -0.15) is 0 Å². The number of likely N-dealkylation sites (N-methyl/N-ethyl adjacent to an activating group) is 1. The second-order valence-electron chi connectivity index (χ2n) is 4.42. The maximum atomic E-state index is 11.6. The number of aliphatic hydroxyl groups is 1. The molecule has 0 spiro atoms. The van der Waals surface area contributed by atoms with Gasteiger partial charge in [0.15, 0.2) is 6.04 Å². The van der Waals surface area contributed by atoms with E-state index in [2.05, 4.69) is 22.5 Å². The second-order valence-corrected chi connectivity index (χ2v) is 4.42. The van der Waals surface area contributed by atoms with Gasteiger partial charge in [0.1, 0.15) is 0 Å². The lowest BCUT2D eigenvalue weighted by molar-refractivity contribution is -0.140. The summed E-state index contributed by atoms with van der Waals surface area (Å²) in [7, 11) is 0. The van der Waals surface area contributed by atoms with Crippen molar-refractivity contribution in [2.45, 2.75) is 31.8 Å². The summed E-state index contributed by atoms with van der Waals surface area (Å²) in [6.07, 6.45) is 1.90. The van der Waals surface area contributed by atoms with Crippen LogP contribution in [0.3, 0.4) is 0 Å². The molecule has 1 rings (SSSR count). The van der Waals surface area contributed by atoms with Gasteiger partial charge in [-0.05, 0) is 25.9 Å². The first-order valence-electron chi connectivity index (χ1n) is 6.19. The Hall–Kier alpha value is -1.34. The van der Waals surface area contributed by atoms with Gasteiger partial charge >= 0.3 is 12.0 Å². The van der Waals surface area contributed by atoms with Crippen molar-refractivity contribution < 1.29 is 19.8 Å². The Morgan fingerprint density at radius 3 is 2.78 bits per heavy atom. The van der Waals surface area contributed by atoms with E-state index in [1.54, 1.807) is 0 Å². The minimum Gasteiger partial charge on any atom is -0.480 e. The number of carboxylic acids is 1. The van der Waals surface area contributed by atoms with Gasteiger partial charge in [-0.15, -0.1) is 0 Å². The van der Waals surface area contributed by atoms with Crippen molar-refractivity contribution in [2.75, 3.05) is 26.2 Å².